The molecule has 0 fully saturated rings. The molecule has 0 heterocycles. The Kier molecular flexibility index (Phi) is 4.79. The average molecular weight is 256 g/mol. The van der Waals surface area contributed by atoms with Gasteiger partial charge in [0.2, 0.25) is 0 Å². The number of esters is 1. The Bertz CT molecular complexity index is 592. The Labute approximate surface area is 111 Å². The number of Topliss-reactive ketones (excluding diaryl/α,β-unsaturated/α-hetero) is 1. The minimum absolute atomic E-state index is 0.0846. The molecule has 0 unspecified atom stereocenters. The number of ether oxygens (including phenoxy) is 1. The first-order valence-corrected chi connectivity index (χ1v) is 5.65. The van der Waals surface area contributed by atoms with E-state index in [2.05, 4.69) is 0 Å². The van der Waals surface area contributed by atoms with Crippen LogP contribution >= 0.6 is 0 Å². The van der Waals surface area contributed by atoms with Crippen LogP contribution in [-0.2, 0) is 9.53 Å². The molecule has 0 amide bonds. The number of carbonyl (C=O) groups is 2. The van der Waals surface area contributed by atoms with Gasteiger partial charge in [-0.05, 0) is 32.0 Å². The fraction of sp³-hybridized carbons (Fsp3) is 0.286. The van der Waals surface area contributed by atoms with Gasteiger partial charge in [-0.1, -0.05) is 0 Å². The minimum Gasteiger partial charge on any atom is -0.463 e. The maximum Gasteiger partial charge on any atom is 0.313 e. The van der Waals surface area contributed by atoms with Crippen molar-refractivity contribution < 1.29 is 14.3 Å². The monoisotopic (exact) mass is 256 g/mol. The number of nitrogens with zero attached hydrogens (tertiary/aromatic N) is 2. The molecule has 0 N–H and O–H groups in total. The maximum absolute atomic E-state index is 11.9. The summed E-state index contributed by atoms with van der Waals surface area (Å²) in [5.74, 6) is -1.13. The number of nitriles is 2. The Balaban J connectivity index is 2.92. The first-order valence-electron chi connectivity index (χ1n) is 5.65. The molecule has 0 aliphatic carbocycles. The maximum atomic E-state index is 11.9. The van der Waals surface area contributed by atoms with E-state index in [0.29, 0.717) is 0 Å². The predicted octanol–water partition coefficient (Wildman–Crippen LogP) is 1.95. The lowest BCUT2D eigenvalue weighted by Gasteiger charge is -2.07. The van der Waals surface area contributed by atoms with Crippen LogP contribution < -0.4 is 0 Å². The van der Waals surface area contributed by atoms with Crippen LogP contribution in [0.15, 0.2) is 18.2 Å². The Morgan fingerprint density at radius 2 is 1.95 bits per heavy atom. The van der Waals surface area contributed by atoms with Crippen molar-refractivity contribution in [2.45, 2.75) is 26.4 Å². The summed E-state index contributed by atoms with van der Waals surface area (Å²) in [5.41, 5.74) is 0.501. The number of benzene rings is 1. The van der Waals surface area contributed by atoms with Gasteiger partial charge in [-0.3, -0.25) is 9.59 Å². The standard InChI is InChI=1S/C14H12N2O3/c1-9(2)19-14(18)6-13(17)12-4-3-10(7-15)5-11(12)8-16/h3-5,9H,6H2,1-2H3. The highest BCUT2D eigenvalue weighted by Crippen LogP contribution is 2.13. The zero-order valence-electron chi connectivity index (χ0n) is 10.6. The molecule has 0 aliphatic rings. The summed E-state index contributed by atoms with van der Waals surface area (Å²) in [6.45, 7) is 3.37. The molecular weight excluding hydrogens is 244 g/mol. The van der Waals surface area contributed by atoms with Crippen LogP contribution in [0.25, 0.3) is 0 Å². The van der Waals surface area contributed by atoms with E-state index in [0.717, 1.165) is 0 Å². The van der Waals surface area contributed by atoms with E-state index in [1.807, 2.05) is 12.1 Å². The van der Waals surface area contributed by atoms with Crippen LogP contribution in [0.2, 0.25) is 0 Å². The lowest BCUT2D eigenvalue weighted by molar-refractivity contribution is -0.146. The van der Waals surface area contributed by atoms with Crippen LogP contribution in [0.1, 0.15) is 41.8 Å². The molecule has 1 aromatic rings. The third-order valence-corrected chi connectivity index (χ3v) is 2.24. The van der Waals surface area contributed by atoms with Crippen LogP contribution in [0.3, 0.4) is 0 Å². The average Bonchev–Trinajstić information content (AvgIpc) is 2.36. The predicted molar refractivity (Wildman–Crippen MR) is 66.0 cm³/mol. The van der Waals surface area contributed by atoms with Crippen molar-refractivity contribution in [1.29, 1.82) is 10.5 Å². The summed E-state index contributed by atoms with van der Waals surface area (Å²) >= 11 is 0. The largest absolute Gasteiger partial charge is 0.463 e. The van der Waals surface area contributed by atoms with Gasteiger partial charge in [0.15, 0.2) is 5.78 Å². The highest BCUT2D eigenvalue weighted by atomic mass is 16.5. The number of carbonyl (C=O) groups excluding carboxylic acids is 2. The van der Waals surface area contributed by atoms with E-state index in [1.165, 1.54) is 18.2 Å². The second-order valence-electron chi connectivity index (χ2n) is 4.12. The van der Waals surface area contributed by atoms with Gasteiger partial charge < -0.3 is 4.74 Å². The summed E-state index contributed by atoms with van der Waals surface area (Å²) in [6.07, 6.45) is -0.713. The van der Waals surface area contributed by atoms with E-state index < -0.39 is 18.2 Å². The van der Waals surface area contributed by atoms with Crippen LogP contribution in [0.5, 0.6) is 0 Å². The Hall–Kier alpha value is -2.66. The molecular formula is C14H12N2O3. The molecule has 0 radical (unpaired) electrons. The van der Waals surface area contributed by atoms with Crippen molar-refractivity contribution in [2.75, 3.05) is 0 Å². The summed E-state index contributed by atoms with van der Waals surface area (Å²) in [5, 5.41) is 17.7. The zero-order chi connectivity index (χ0) is 14.4. The molecule has 96 valence electrons. The fourth-order valence-corrected chi connectivity index (χ4v) is 1.48. The second-order valence-corrected chi connectivity index (χ2v) is 4.12. The number of hydrogen-bond acceptors (Lipinski definition) is 5. The summed E-state index contributed by atoms with van der Waals surface area (Å²) in [4.78, 5) is 23.3. The minimum atomic E-state index is -0.631. The van der Waals surface area contributed by atoms with Gasteiger partial charge in [0.25, 0.3) is 0 Å². The molecule has 0 saturated heterocycles. The molecule has 0 saturated carbocycles. The lowest BCUT2D eigenvalue weighted by atomic mass is 10.00. The summed E-state index contributed by atoms with van der Waals surface area (Å²) in [6, 6.07) is 7.85. The highest BCUT2D eigenvalue weighted by Gasteiger charge is 2.17. The molecule has 0 aromatic heterocycles. The van der Waals surface area contributed by atoms with E-state index in [1.54, 1.807) is 13.8 Å². The normalized spacial score (nSPS) is 9.53. The van der Waals surface area contributed by atoms with Crippen molar-refractivity contribution in [1.82, 2.24) is 0 Å². The van der Waals surface area contributed by atoms with Crippen molar-refractivity contribution in [2.24, 2.45) is 0 Å². The third kappa shape index (κ3) is 3.93. The number of rotatable bonds is 4. The zero-order valence-corrected chi connectivity index (χ0v) is 10.6. The molecule has 1 rings (SSSR count). The van der Waals surface area contributed by atoms with E-state index in [-0.39, 0.29) is 22.8 Å². The van der Waals surface area contributed by atoms with Gasteiger partial charge in [0.05, 0.1) is 29.4 Å². The molecule has 0 bridgehead atoms. The lowest BCUT2D eigenvalue weighted by Crippen LogP contribution is -2.16. The van der Waals surface area contributed by atoms with Gasteiger partial charge in [-0.25, -0.2) is 0 Å². The quantitative estimate of drug-likeness (QED) is 0.466. The second kappa shape index (κ2) is 6.32. The van der Waals surface area contributed by atoms with Gasteiger partial charge >= 0.3 is 5.97 Å². The van der Waals surface area contributed by atoms with Crippen molar-refractivity contribution in [3.63, 3.8) is 0 Å². The molecule has 19 heavy (non-hydrogen) atoms. The topological polar surface area (TPSA) is 90.9 Å². The van der Waals surface area contributed by atoms with E-state index in [4.69, 9.17) is 15.3 Å². The Morgan fingerprint density at radius 3 is 2.47 bits per heavy atom. The summed E-state index contributed by atoms with van der Waals surface area (Å²) in [7, 11) is 0. The molecule has 5 heteroatoms. The van der Waals surface area contributed by atoms with E-state index >= 15 is 0 Å². The first-order chi connectivity index (χ1) is 8.97. The molecule has 0 aliphatic heterocycles. The molecule has 1 aromatic carbocycles. The third-order valence-electron chi connectivity index (χ3n) is 2.24. The first kappa shape index (κ1) is 14.4. The van der Waals surface area contributed by atoms with Crippen molar-refractivity contribution in [3.8, 4) is 12.1 Å². The van der Waals surface area contributed by atoms with Crippen LogP contribution in [-0.4, -0.2) is 17.9 Å². The van der Waals surface area contributed by atoms with Gasteiger partial charge in [-0.2, -0.15) is 10.5 Å². The summed E-state index contributed by atoms with van der Waals surface area (Å²) < 4.78 is 4.87. The smallest absolute Gasteiger partial charge is 0.313 e. The fourth-order valence-electron chi connectivity index (χ4n) is 1.48. The molecule has 0 spiro atoms. The Morgan fingerprint density at radius 1 is 1.26 bits per heavy atom. The molecule has 5 nitrogen and oxygen atoms in total. The van der Waals surface area contributed by atoms with Gasteiger partial charge in [0.1, 0.15) is 6.42 Å². The van der Waals surface area contributed by atoms with Crippen LogP contribution in [0, 0.1) is 22.7 Å². The number of ketones is 1. The van der Waals surface area contributed by atoms with E-state index in [9.17, 15) is 9.59 Å². The molecule has 0 atom stereocenters. The SMILES string of the molecule is CC(C)OC(=O)CC(=O)c1ccc(C#N)cc1C#N. The van der Waals surface area contributed by atoms with Crippen molar-refractivity contribution in [3.05, 3.63) is 34.9 Å². The van der Waals surface area contributed by atoms with Crippen molar-refractivity contribution >= 4 is 11.8 Å². The highest BCUT2D eigenvalue weighted by molar-refractivity contribution is 6.07. The van der Waals surface area contributed by atoms with Gasteiger partial charge in [0, 0.05) is 5.56 Å². The van der Waals surface area contributed by atoms with Crippen LogP contribution in [0.4, 0.5) is 0 Å². The van der Waals surface area contributed by atoms with Gasteiger partial charge in [-0.15, -0.1) is 0 Å². The number of hydrogen-bond donors (Lipinski definition) is 0.